The normalized spacial score (nSPS) is 15.7. The highest BCUT2D eigenvalue weighted by Gasteiger charge is 2.43. The summed E-state index contributed by atoms with van der Waals surface area (Å²) < 4.78 is 18.0. The van der Waals surface area contributed by atoms with Crippen molar-refractivity contribution < 1.29 is 33.4 Å². The van der Waals surface area contributed by atoms with Crippen molar-refractivity contribution in [1.82, 2.24) is 28.2 Å². The smallest absolute Gasteiger partial charge is 0.279 e. The summed E-state index contributed by atoms with van der Waals surface area (Å²) in [5.41, 5.74) is 4.54. The Kier molecular flexibility index (Phi) is 11.8. The molecule has 3 amide bonds. The van der Waals surface area contributed by atoms with E-state index in [1.54, 1.807) is 99.6 Å². The number of methoxy groups -OCH3 is 1. The van der Waals surface area contributed by atoms with Gasteiger partial charge in [0.15, 0.2) is 23.1 Å². The fourth-order valence-electron chi connectivity index (χ4n) is 8.54. The largest absolute Gasteiger partial charge is 0.493 e. The number of nitrogens with zero attached hydrogens (tertiary/aromatic N) is 7. The highest BCUT2D eigenvalue weighted by atomic mass is 16.5. The van der Waals surface area contributed by atoms with Crippen molar-refractivity contribution in [2.45, 2.75) is 64.5 Å². The lowest BCUT2D eigenvalue weighted by Gasteiger charge is -2.29. The Hall–Kier alpha value is -7.69. The zero-order valence-electron chi connectivity index (χ0n) is 38.4. The number of carbonyl (C=O) groups excluding carboxylic acids is 5. The van der Waals surface area contributed by atoms with E-state index in [-0.39, 0.29) is 60.1 Å². The first-order valence-corrected chi connectivity index (χ1v) is 21.6. The van der Waals surface area contributed by atoms with Gasteiger partial charge < -0.3 is 44.0 Å². The van der Waals surface area contributed by atoms with E-state index < -0.39 is 11.4 Å². The van der Waals surface area contributed by atoms with Crippen LogP contribution in [0.5, 0.6) is 11.5 Å². The summed E-state index contributed by atoms with van der Waals surface area (Å²) in [6.07, 6.45) is 9.53. The van der Waals surface area contributed by atoms with Gasteiger partial charge in [-0.2, -0.15) is 0 Å². The Morgan fingerprint density at radius 3 is 2.42 bits per heavy atom. The number of carbonyl (C=O) groups is 5. The van der Waals surface area contributed by atoms with E-state index in [1.165, 1.54) is 7.11 Å². The molecule has 0 aliphatic carbocycles. The van der Waals surface area contributed by atoms with Gasteiger partial charge in [0.25, 0.3) is 17.7 Å². The predicted molar refractivity (Wildman–Crippen MR) is 253 cm³/mol. The summed E-state index contributed by atoms with van der Waals surface area (Å²) in [6.45, 7) is 12.9. The Labute approximate surface area is 382 Å². The lowest BCUT2D eigenvalue weighted by atomic mass is 9.99. The average molecular weight is 895 g/mol. The average Bonchev–Trinajstić information content (AvgIpc) is 4.07. The van der Waals surface area contributed by atoms with Crippen LogP contribution in [0.4, 0.5) is 22.9 Å². The second kappa shape index (κ2) is 17.4. The number of benzene rings is 2. The molecule has 1 saturated heterocycles. The topological polar surface area (TPSA) is 188 Å². The van der Waals surface area contributed by atoms with Crippen molar-refractivity contribution in [3.8, 4) is 11.5 Å². The minimum atomic E-state index is -0.555. The van der Waals surface area contributed by atoms with Gasteiger partial charge in [-0.1, -0.05) is 18.2 Å². The van der Waals surface area contributed by atoms with Gasteiger partial charge in [-0.05, 0) is 82.5 Å². The molecule has 342 valence electrons. The number of rotatable bonds is 14. The molecular formula is C49H54N10O7. The molecule has 4 aromatic heterocycles. The third kappa shape index (κ3) is 9.14. The van der Waals surface area contributed by atoms with Gasteiger partial charge in [0.2, 0.25) is 11.7 Å². The van der Waals surface area contributed by atoms with Crippen LogP contribution in [0.3, 0.4) is 0 Å². The van der Waals surface area contributed by atoms with Gasteiger partial charge >= 0.3 is 0 Å². The zero-order chi connectivity index (χ0) is 47.2. The number of ether oxygens (including phenoxy) is 2. The fraction of sp³-hybridized carbons (Fsp3) is 0.327. The second-order valence-corrected chi connectivity index (χ2v) is 18.3. The number of amides is 3. The van der Waals surface area contributed by atoms with E-state index in [0.717, 1.165) is 22.2 Å². The standard InChI is InChI=1S/C49H54N10O7/c1-29-23-49(5)28-50-35-22-41(40(65-9)21-34(35)46(63)59(49)24-29)66-16-10-11-43(61)52-42-27-57(8)44(53-42)39(60)18-30-17-37(55(6)25-30)45(62)51-33-20-38(56(7)26-33)47(64)58-15-14-31-12-13-32(19-36(31)58)54-48(2,3)4/h12-15,17,19-22,25-28,54H,1,10-11,16,18,23-24H2,2-9H3,(H,51,62)(H,52,61)/t49-/m0/s1. The van der Waals surface area contributed by atoms with E-state index in [4.69, 9.17) is 9.47 Å². The molecule has 6 aromatic rings. The van der Waals surface area contributed by atoms with Crippen LogP contribution in [0.2, 0.25) is 0 Å². The van der Waals surface area contributed by atoms with Crippen LogP contribution in [-0.2, 0) is 32.4 Å². The molecular weight excluding hydrogens is 841 g/mol. The van der Waals surface area contributed by atoms with Crippen molar-refractivity contribution in [3.63, 3.8) is 0 Å². The molecule has 66 heavy (non-hydrogen) atoms. The van der Waals surface area contributed by atoms with Crippen molar-refractivity contribution in [2.75, 3.05) is 36.2 Å². The number of anilines is 3. The number of hydrogen-bond acceptors (Lipinski definition) is 10. The maximum atomic E-state index is 13.8. The molecule has 2 aromatic carbocycles. The first-order valence-electron chi connectivity index (χ1n) is 21.6. The number of imidazole rings is 1. The molecule has 6 heterocycles. The Bertz CT molecular complexity index is 2990. The number of nitrogens with one attached hydrogen (secondary N) is 3. The van der Waals surface area contributed by atoms with Gasteiger partial charge in [-0.15, -0.1) is 0 Å². The molecule has 0 spiro atoms. The number of ketones is 1. The Balaban J connectivity index is 0.841. The first kappa shape index (κ1) is 44.9. The summed E-state index contributed by atoms with van der Waals surface area (Å²) in [6, 6.07) is 14.4. The van der Waals surface area contributed by atoms with E-state index in [2.05, 4.69) is 53.3 Å². The highest BCUT2D eigenvalue weighted by molar-refractivity contribution is 6.07. The SMILES string of the molecule is C=C1CN2C(=O)c3cc(OC)c(OCCCC(=O)Nc4cn(C)c(C(=O)Cc5cc(C(=O)Nc6cc(C(=O)n7ccc8ccc(NC(C)(C)C)cc87)n(C)c6)n(C)c5)n4)cc3N=C[C@]2(C)C1. The molecule has 1 fully saturated rings. The van der Waals surface area contributed by atoms with Crippen molar-refractivity contribution >= 4 is 69.4 Å². The minimum absolute atomic E-state index is 0.0442. The summed E-state index contributed by atoms with van der Waals surface area (Å²) in [4.78, 5) is 78.0. The van der Waals surface area contributed by atoms with Crippen LogP contribution in [0.15, 0.2) is 90.5 Å². The maximum Gasteiger partial charge on any atom is 0.279 e. The van der Waals surface area contributed by atoms with E-state index in [0.29, 0.717) is 64.8 Å². The van der Waals surface area contributed by atoms with Crippen LogP contribution in [0, 0.1) is 0 Å². The van der Waals surface area contributed by atoms with Crippen LogP contribution in [0.25, 0.3) is 10.9 Å². The molecule has 17 heteroatoms. The summed E-state index contributed by atoms with van der Waals surface area (Å²) in [5, 5.41) is 10.0. The molecule has 1 atom stereocenters. The molecule has 17 nitrogen and oxygen atoms in total. The van der Waals surface area contributed by atoms with Crippen LogP contribution >= 0.6 is 0 Å². The summed E-state index contributed by atoms with van der Waals surface area (Å²) in [5.74, 6) is -0.298. The van der Waals surface area contributed by atoms with Crippen molar-refractivity contribution in [2.24, 2.45) is 26.1 Å². The van der Waals surface area contributed by atoms with Crippen LogP contribution < -0.4 is 25.4 Å². The molecule has 2 aliphatic heterocycles. The van der Waals surface area contributed by atoms with E-state index in [9.17, 15) is 24.0 Å². The molecule has 0 saturated carbocycles. The number of fused-ring (bicyclic) bond motifs is 3. The molecule has 0 bridgehead atoms. The lowest BCUT2D eigenvalue weighted by molar-refractivity contribution is -0.116. The Morgan fingerprint density at radius 1 is 0.894 bits per heavy atom. The first-order chi connectivity index (χ1) is 31.3. The molecule has 8 rings (SSSR count). The van der Waals surface area contributed by atoms with E-state index in [1.807, 2.05) is 31.2 Å². The van der Waals surface area contributed by atoms with Gasteiger partial charge in [-0.25, -0.2) is 4.98 Å². The highest BCUT2D eigenvalue weighted by Crippen LogP contribution is 2.41. The van der Waals surface area contributed by atoms with Gasteiger partial charge in [0.05, 0.1) is 41.7 Å². The van der Waals surface area contributed by atoms with Crippen LogP contribution in [-0.4, -0.2) is 95.1 Å². The monoisotopic (exact) mass is 894 g/mol. The summed E-state index contributed by atoms with van der Waals surface area (Å²) >= 11 is 0. The van der Waals surface area contributed by atoms with Crippen molar-refractivity contribution in [1.29, 1.82) is 0 Å². The number of aromatic nitrogens is 5. The number of hydrogen-bond donors (Lipinski definition) is 3. The zero-order valence-corrected chi connectivity index (χ0v) is 38.4. The quantitative estimate of drug-likeness (QED) is 0.0572. The minimum Gasteiger partial charge on any atom is -0.493 e. The second-order valence-electron chi connectivity index (χ2n) is 18.3. The third-order valence-electron chi connectivity index (χ3n) is 11.6. The summed E-state index contributed by atoms with van der Waals surface area (Å²) in [7, 11) is 6.62. The Morgan fingerprint density at radius 2 is 1.67 bits per heavy atom. The molecule has 3 N–H and O–H groups in total. The van der Waals surface area contributed by atoms with Crippen molar-refractivity contribution in [3.05, 3.63) is 114 Å². The molecule has 2 aliphatic rings. The van der Waals surface area contributed by atoms with Gasteiger partial charge in [-0.3, -0.25) is 33.5 Å². The number of aliphatic imine (C=N–C) groups is 1. The maximum absolute atomic E-state index is 13.8. The lowest BCUT2D eigenvalue weighted by Crippen LogP contribution is -2.45. The van der Waals surface area contributed by atoms with E-state index >= 15 is 0 Å². The number of Topliss-reactive ketones (excluding diaryl/α,β-unsaturated/α-hetero) is 1. The number of aryl methyl sites for hydroxylation is 3. The van der Waals surface area contributed by atoms with Crippen LogP contribution in [0.1, 0.15) is 94.5 Å². The molecule has 0 unspecified atom stereocenters. The van der Waals surface area contributed by atoms with Gasteiger partial charge in [0.1, 0.15) is 11.4 Å². The third-order valence-corrected chi connectivity index (χ3v) is 11.6. The molecule has 0 radical (unpaired) electrons. The predicted octanol–water partition coefficient (Wildman–Crippen LogP) is 7.31. The fourth-order valence-corrected chi connectivity index (χ4v) is 8.54. The van der Waals surface area contributed by atoms with Gasteiger partial charge in [0, 0.05) is 94.2 Å².